The first-order valence-electron chi connectivity index (χ1n) is 11.7. The molecule has 2 atom stereocenters. The smallest absolute Gasteiger partial charge is 0.253 e. The summed E-state index contributed by atoms with van der Waals surface area (Å²) in [5, 5.41) is 17.5. The van der Waals surface area contributed by atoms with E-state index in [1.807, 2.05) is 32.0 Å². The van der Waals surface area contributed by atoms with Crippen LogP contribution in [0.2, 0.25) is 0 Å². The van der Waals surface area contributed by atoms with Crippen molar-refractivity contribution in [2.45, 2.75) is 39.1 Å². The van der Waals surface area contributed by atoms with Crippen molar-refractivity contribution in [3.8, 4) is 0 Å². The minimum absolute atomic E-state index is 0.137. The number of carbonyl (C=O) groups excluding carboxylic acids is 1. The molecular weight excluding hydrogens is 460 g/mol. The highest BCUT2D eigenvalue weighted by molar-refractivity contribution is 5.99. The van der Waals surface area contributed by atoms with E-state index in [1.54, 1.807) is 41.3 Å². The fraction of sp³-hybridized carbons (Fsp3) is 0.222. The van der Waals surface area contributed by atoms with Crippen LogP contribution in [0.4, 0.5) is 22.7 Å². The predicted octanol–water partition coefficient (Wildman–Crippen LogP) is 3.60. The van der Waals surface area contributed by atoms with E-state index in [-0.39, 0.29) is 17.4 Å². The number of rotatable bonds is 8. The molecule has 184 valence electrons. The van der Waals surface area contributed by atoms with Crippen molar-refractivity contribution < 1.29 is 14.3 Å². The number of para-hydroxylation sites is 1. The molecule has 1 aliphatic rings. The molecule has 9 nitrogen and oxygen atoms in total. The molecule has 0 radical (unpaired) electrons. The zero-order chi connectivity index (χ0) is 25.6. The summed E-state index contributed by atoms with van der Waals surface area (Å²) in [6.45, 7) is 4.13. The predicted molar refractivity (Wildman–Crippen MR) is 137 cm³/mol. The maximum absolute atomic E-state index is 12.5. The Morgan fingerprint density at radius 3 is 2.56 bits per heavy atom. The van der Waals surface area contributed by atoms with Crippen molar-refractivity contribution in [3.05, 3.63) is 103 Å². The maximum Gasteiger partial charge on any atom is 0.253 e. The normalized spacial score (nSPS) is 15.6. The van der Waals surface area contributed by atoms with E-state index >= 15 is 0 Å². The summed E-state index contributed by atoms with van der Waals surface area (Å²) < 4.78 is 5.70. The number of hydrogen-bond acceptors (Lipinski definition) is 8. The molecule has 3 aromatic carbocycles. The van der Waals surface area contributed by atoms with Gasteiger partial charge in [0.1, 0.15) is 22.9 Å². The molecule has 0 bridgehead atoms. The van der Waals surface area contributed by atoms with E-state index in [1.165, 1.54) is 0 Å². The second-order valence-corrected chi connectivity index (χ2v) is 8.85. The van der Waals surface area contributed by atoms with Gasteiger partial charge in [-0.15, -0.1) is 0 Å². The fourth-order valence-corrected chi connectivity index (χ4v) is 4.71. The summed E-state index contributed by atoms with van der Waals surface area (Å²) in [5.41, 5.74) is 7.30. The summed E-state index contributed by atoms with van der Waals surface area (Å²) in [5.74, 6) is 0.836. The molecule has 2 heterocycles. The molecule has 0 saturated heterocycles. The highest BCUT2D eigenvalue weighted by Gasteiger charge is 2.34. The van der Waals surface area contributed by atoms with Crippen LogP contribution in [-0.4, -0.2) is 11.0 Å². The van der Waals surface area contributed by atoms with Crippen molar-refractivity contribution in [1.82, 2.24) is 0 Å². The third-order valence-corrected chi connectivity index (χ3v) is 6.57. The number of hydrogen-bond donors (Lipinski definition) is 4. The molecule has 4 aromatic rings. The molecule has 5 N–H and O–H groups in total. The van der Waals surface area contributed by atoms with Gasteiger partial charge in [0.2, 0.25) is 0 Å². The van der Waals surface area contributed by atoms with Crippen molar-refractivity contribution in [2.24, 2.45) is 5.73 Å². The Morgan fingerprint density at radius 2 is 1.86 bits per heavy atom. The molecular formula is C27H26N4O5. The molecule has 5 rings (SSSR count). The van der Waals surface area contributed by atoms with Gasteiger partial charge in [-0.05, 0) is 49.2 Å². The lowest BCUT2D eigenvalue weighted by atomic mass is 10.1. The third-order valence-electron chi connectivity index (χ3n) is 6.57. The first-order chi connectivity index (χ1) is 17.3. The summed E-state index contributed by atoms with van der Waals surface area (Å²) >= 11 is 0. The average molecular weight is 487 g/mol. The van der Waals surface area contributed by atoms with Gasteiger partial charge in [0, 0.05) is 17.8 Å². The zero-order valence-corrected chi connectivity index (χ0v) is 19.9. The number of aliphatic hydroxyl groups is 1. The molecule has 1 aromatic heterocycles. The number of nitrogens with zero attached hydrogens (tertiary/aromatic N) is 1. The second-order valence-electron chi connectivity index (χ2n) is 8.85. The Hall–Kier alpha value is -4.37. The van der Waals surface area contributed by atoms with Crippen LogP contribution < -0.4 is 32.1 Å². The minimum Gasteiger partial charge on any atom is -0.464 e. The highest BCUT2D eigenvalue weighted by atomic mass is 16.3. The first-order valence-corrected chi connectivity index (χ1v) is 11.7. The number of nitrogens with two attached hydrogens (primary N) is 1. The van der Waals surface area contributed by atoms with E-state index in [0.29, 0.717) is 41.2 Å². The Labute approximate surface area is 206 Å². The van der Waals surface area contributed by atoms with Crippen molar-refractivity contribution >= 4 is 28.7 Å². The SMILES string of the molecule is CC[C@@H](Nc1c(Nc2cccc3c2C(O)N(c2ccccc2C(N)=O)C3)c(=O)c1=O)c1ccc(C)o1. The Bertz CT molecular complexity index is 1530. The number of furan rings is 1. The van der Waals surface area contributed by atoms with E-state index in [2.05, 4.69) is 10.6 Å². The molecule has 0 fully saturated rings. The molecule has 1 unspecified atom stereocenters. The van der Waals surface area contributed by atoms with Crippen LogP contribution in [-0.2, 0) is 6.54 Å². The number of carbonyl (C=O) groups is 1. The Kier molecular flexibility index (Phi) is 5.85. The molecule has 0 saturated carbocycles. The van der Waals surface area contributed by atoms with Gasteiger partial charge in [-0.2, -0.15) is 0 Å². The van der Waals surface area contributed by atoms with Crippen LogP contribution in [0.15, 0.2) is 68.6 Å². The van der Waals surface area contributed by atoms with Crippen molar-refractivity contribution in [1.29, 1.82) is 0 Å². The number of aryl methyl sites for hydroxylation is 1. The summed E-state index contributed by atoms with van der Waals surface area (Å²) in [7, 11) is 0. The zero-order valence-electron chi connectivity index (χ0n) is 19.9. The number of anilines is 4. The van der Waals surface area contributed by atoms with Gasteiger partial charge in [0.15, 0.2) is 6.23 Å². The van der Waals surface area contributed by atoms with E-state index in [0.717, 1.165) is 11.3 Å². The lowest BCUT2D eigenvalue weighted by Crippen LogP contribution is -2.37. The topological polar surface area (TPSA) is 138 Å². The second kappa shape index (κ2) is 9.01. The van der Waals surface area contributed by atoms with Crippen LogP contribution in [0, 0.1) is 6.92 Å². The maximum atomic E-state index is 12.5. The Morgan fingerprint density at radius 1 is 1.11 bits per heavy atom. The lowest BCUT2D eigenvalue weighted by molar-refractivity contribution is 0.1000. The quantitative estimate of drug-likeness (QED) is 0.277. The monoisotopic (exact) mass is 486 g/mol. The first kappa shape index (κ1) is 23.4. The van der Waals surface area contributed by atoms with Gasteiger partial charge >= 0.3 is 0 Å². The molecule has 1 amide bonds. The molecule has 9 heteroatoms. The van der Waals surface area contributed by atoms with Gasteiger partial charge in [-0.25, -0.2) is 0 Å². The van der Waals surface area contributed by atoms with Crippen molar-refractivity contribution in [2.75, 3.05) is 15.5 Å². The molecule has 1 aliphatic heterocycles. The fourth-order valence-electron chi connectivity index (χ4n) is 4.71. The van der Waals surface area contributed by atoms with Gasteiger partial charge in [0.25, 0.3) is 16.8 Å². The molecule has 36 heavy (non-hydrogen) atoms. The van der Waals surface area contributed by atoms with Crippen LogP contribution in [0.1, 0.15) is 58.6 Å². The van der Waals surface area contributed by atoms with E-state index < -0.39 is 23.0 Å². The summed E-state index contributed by atoms with van der Waals surface area (Å²) in [4.78, 5) is 38.6. The largest absolute Gasteiger partial charge is 0.464 e. The average Bonchev–Trinajstić information content (AvgIpc) is 3.46. The Balaban J connectivity index is 1.45. The number of amides is 1. The van der Waals surface area contributed by atoms with Crippen LogP contribution in [0.25, 0.3) is 0 Å². The standard InChI is InChI=1S/C27H26N4O5/c1-3-17(20-12-11-14(2)36-20)29-22-23(25(33)24(22)32)30-18-9-6-7-15-13-31(27(35)21(15)18)19-10-5-4-8-16(19)26(28)34/h4-12,17,27,29-30,35H,3,13H2,1-2H3,(H2,28,34)/t17-,27?/m1/s1. The van der Waals surface area contributed by atoms with Crippen molar-refractivity contribution in [3.63, 3.8) is 0 Å². The number of fused-ring (bicyclic) bond motifs is 1. The number of aliphatic hydroxyl groups excluding tert-OH is 1. The number of primary amides is 1. The number of nitrogens with one attached hydrogen (secondary N) is 2. The van der Waals surface area contributed by atoms with Crippen LogP contribution in [0.5, 0.6) is 0 Å². The lowest BCUT2D eigenvalue weighted by Gasteiger charge is -2.26. The van der Waals surface area contributed by atoms with E-state index in [4.69, 9.17) is 10.2 Å². The van der Waals surface area contributed by atoms with Crippen LogP contribution >= 0.6 is 0 Å². The third kappa shape index (κ3) is 3.83. The minimum atomic E-state index is -1.10. The van der Waals surface area contributed by atoms with Gasteiger partial charge in [0.05, 0.1) is 17.3 Å². The molecule has 0 aliphatic carbocycles. The molecule has 0 spiro atoms. The summed E-state index contributed by atoms with van der Waals surface area (Å²) in [6.07, 6.45) is -0.458. The van der Waals surface area contributed by atoms with Crippen LogP contribution in [0.3, 0.4) is 0 Å². The number of benzene rings is 2. The van der Waals surface area contributed by atoms with Gasteiger partial charge in [-0.1, -0.05) is 31.2 Å². The van der Waals surface area contributed by atoms with Gasteiger partial charge < -0.3 is 30.8 Å². The van der Waals surface area contributed by atoms with E-state index in [9.17, 15) is 19.5 Å². The van der Waals surface area contributed by atoms with Gasteiger partial charge in [-0.3, -0.25) is 14.4 Å². The highest BCUT2D eigenvalue weighted by Crippen LogP contribution is 2.42. The summed E-state index contributed by atoms with van der Waals surface area (Å²) in [6, 6.07) is 15.6.